The van der Waals surface area contributed by atoms with Gasteiger partial charge in [0.05, 0.1) is 0 Å². The molecule has 1 aromatic heterocycles. The Morgan fingerprint density at radius 3 is 2.40 bits per heavy atom. The van der Waals surface area contributed by atoms with Crippen molar-refractivity contribution in [1.29, 1.82) is 0 Å². The van der Waals surface area contributed by atoms with Crippen LogP contribution in [0.1, 0.15) is 17.2 Å². The van der Waals surface area contributed by atoms with Gasteiger partial charge in [-0.2, -0.15) is 0 Å². The van der Waals surface area contributed by atoms with Crippen LogP contribution in [0.15, 0.2) is 53.3 Å². The summed E-state index contributed by atoms with van der Waals surface area (Å²) < 4.78 is 0.911. The molecule has 0 aliphatic carbocycles. The second-order valence-corrected chi connectivity index (χ2v) is 4.06. The fraction of sp³-hybridized carbons (Fsp3) is 0.0833. The Morgan fingerprint density at radius 2 is 1.73 bits per heavy atom. The van der Waals surface area contributed by atoms with E-state index in [0.717, 1.165) is 15.6 Å². The van der Waals surface area contributed by atoms with E-state index in [9.17, 15) is 5.11 Å². The molecule has 2 aromatic rings. The van der Waals surface area contributed by atoms with Gasteiger partial charge in [0.25, 0.3) is 0 Å². The fourth-order valence-electron chi connectivity index (χ4n) is 1.42. The van der Waals surface area contributed by atoms with Gasteiger partial charge >= 0.3 is 0 Å². The highest BCUT2D eigenvalue weighted by Gasteiger charge is 2.12. The van der Waals surface area contributed by atoms with Crippen LogP contribution in [-0.2, 0) is 0 Å². The molecule has 1 heterocycles. The predicted molar refractivity (Wildman–Crippen MR) is 62.4 cm³/mol. The summed E-state index contributed by atoms with van der Waals surface area (Å²) in [5, 5.41) is 10.1. The van der Waals surface area contributed by atoms with Crippen molar-refractivity contribution in [2.45, 2.75) is 6.10 Å². The number of halogens is 1. The molecule has 3 heteroatoms. The zero-order valence-corrected chi connectivity index (χ0v) is 9.55. The molecule has 1 N–H and O–H groups in total. The van der Waals surface area contributed by atoms with Crippen LogP contribution >= 0.6 is 15.9 Å². The lowest BCUT2D eigenvalue weighted by Crippen LogP contribution is -2.00. The fourth-order valence-corrected chi connectivity index (χ4v) is 1.92. The van der Waals surface area contributed by atoms with E-state index in [1.807, 2.05) is 36.4 Å². The van der Waals surface area contributed by atoms with Crippen molar-refractivity contribution in [3.8, 4) is 0 Å². The summed E-state index contributed by atoms with van der Waals surface area (Å²) in [7, 11) is 0. The molecule has 0 spiro atoms. The molecule has 2 rings (SSSR count). The van der Waals surface area contributed by atoms with Crippen molar-refractivity contribution in [2.24, 2.45) is 0 Å². The third-order valence-corrected chi connectivity index (χ3v) is 2.94. The highest BCUT2D eigenvalue weighted by Crippen LogP contribution is 2.27. The van der Waals surface area contributed by atoms with Crippen LogP contribution in [0.4, 0.5) is 0 Å². The third-order valence-electron chi connectivity index (χ3n) is 2.22. The molecule has 0 amide bonds. The zero-order valence-electron chi connectivity index (χ0n) is 7.97. The van der Waals surface area contributed by atoms with Gasteiger partial charge in [0.1, 0.15) is 6.10 Å². The number of benzene rings is 1. The van der Waals surface area contributed by atoms with E-state index in [4.69, 9.17) is 0 Å². The van der Waals surface area contributed by atoms with Gasteiger partial charge in [-0.15, -0.1) is 0 Å². The van der Waals surface area contributed by atoms with Gasteiger partial charge in [-0.1, -0.05) is 34.1 Å². The van der Waals surface area contributed by atoms with Crippen molar-refractivity contribution >= 4 is 15.9 Å². The quantitative estimate of drug-likeness (QED) is 0.904. The lowest BCUT2D eigenvalue weighted by atomic mass is 10.0. The molecular formula is C12H10BrNO. The molecule has 0 unspecified atom stereocenters. The molecule has 0 bridgehead atoms. The normalized spacial score (nSPS) is 12.4. The smallest absolute Gasteiger partial charge is 0.105 e. The minimum atomic E-state index is -0.608. The SMILES string of the molecule is O[C@@H](c1ccncc1)c1ccccc1Br. The lowest BCUT2D eigenvalue weighted by molar-refractivity contribution is 0.219. The van der Waals surface area contributed by atoms with E-state index in [1.165, 1.54) is 0 Å². The monoisotopic (exact) mass is 263 g/mol. The minimum Gasteiger partial charge on any atom is -0.384 e. The molecule has 0 fully saturated rings. The molecule has 1 aromatic carbocycles. The zero-order chi connectivity index (χ0) is 10.7. The Labute approximate surface area is 96.7 Å². The second kappa shape index (κ2) is 4.55. The number of hydrogen-bond acceptors (Lipinski definition) is 2. The van der Waals surface area contributed by atoms with Gasteiger partial charge in [0, 0.05) is 16.9 Å². The number of aromatic nitrogens is 1. The largest absolute Gasteiger partial charge is 0.384 e. The minimum absolute atomic E-state index is 0.608. The summed E-state index contributed by atoms with van der Waals surface area (Å²) in [6.07, 6.45) is 2.74. The third kappa shape index (κ3) is 2.25. The number of aliphatic hydroxyl groups excluding tert-OH is 1. The second-order valence-electron chi connectivity index (χ2n) is 3.20. The summed E-state index contributed by atoms with van der Waals surface area (Å²) in [5.41, 5.74) is 1.71. The molecular weight excluding hydrogens is 254 g/mol. The predicted octanol–water partition coefficient (Wildman–Crippen LogP) is 2.93. The topological polar surface area (TPSA) is 33.1 Å². The van der Waals surface area contributed by atoms with E-state index in [0.29, 0.717) is 0 Å². The van der Waals surface area contributed by atoms with Gasteiger partial charge in [-0.3, -0.25) is 4.98 Å². The number of hydrogen-bond donors (Lipinski definition) is 1. The first-order chi connectivity index (χ1) is 7.29. The maximum absolute atomic E-state index is 10.1. The van der Waals surface area contributed by atoms with Gasteiger partial charge in [-0.25, -0.2) is 0 Å². The highest BCUT2D eigenvalue weighted by atomic mass is 79.9. The molecule has 2 nitrogen and oxygen atoms in total. The van der Waals surface area contributed by atoms with Crippen molar-refractivity contribution in [2.75, 3.05) is 0 Å². The van der Waals surface area contributed by atoms with Crippen LogP contribution < -0.4 is 0 Å². The van der Waals surface area contributed by atoms with Gasteiger partial charge in [-0.05, 0) is 29.3 Å². The molecule has 0 aliphatic heterocycles. The first kappa shape index (κ1) is 10.3. The molecule has 0 radical (unpaired) electrons. The molecule has 76 valence electrons. The Bertz CT molecular complexity index is 444. The summed E-state index contributed by atoms with van der Waals surface area (Å²) in [6, 6.07) is 11.3. The first-order valence-electron chi connectivity index (χ1n) is 4.61. The van der Waals surface area contributed by atoms with E-state index in [2.05, 4.69) is 20.9 Å². The van der Waals surface area contributed by atoms with Gasteiger partial charge in [0.2, 0.25) is 0 Å². The summed E-state index contributed by atoms with van der Waals surface area (Å²) >= 11 is 3.42. The van der Waals surface area contributed by atoms with Gasteiger partial charge < -0.3 is 5.11 Å². The maximum atomic E-state index is 10.1. The van der Waals surface area contributed by atoms with E-state index in [-0.39, 0.29) is 0 Å². The average molecular weight is 264 g/mol. The summed E-state index contributed by atoms with van der Waals surface area (Å²) in [4.78, 5) is 3.92. The van der Waals surface area contributed by atoms with Crippen LogP contribution in [0.25, 0.3) is 0 Å². The first-order valence-corrected chi connectivity index (χ1v) is 5.41. The summed E-state index contributed by atoms with van der Waals surface area (Å²) in [6.45, 7) is 0. The Hall–Kier alpha value is -1.19. The van der Waals surface area contributed by atoms with Crippen LogP contribution in [0.3, 0.4) is 0 Å². The Morgan fingerprint density at radius 1 is 1.07 bits per heavy atom. The lowest BCUT2D eigenvalue weighted by Gasteiger charge is -2.12. The van der Waals surface area contributed by atoms with E-state index in [1.54, 1.807) is 12.4 Å². The van der Waals surface area contributed by atoms with Crippen molar-refractivity contribution in [3.63, 3.8) is 0 Å². The van der Waals surface area contributed by atoms with Gasteiger partial charge in [0.15, 0.2) is 0 Å². The molecule has 0 aliphatic rings. The number of rotatable bonds is 2. The average Bonchev–Trinajstić information content (AvgIpc) is 2.30. The van der Waals surface area contributed by atoms with Crippen molar-refractivity contribution < 1.29 is 5.11 Å². The molecule has 0 saturated carbocycles. The standard InChI is InChI=1S/C12H10BrNO/c13-11-4-2-1-3-10(11)12(15)9-5-7-14-8-6-9/h1-8,12,15H/t12-/m0/s1. The molecule has 0 saturated heterocycles. The van der Waals surface area contributed by atoms with Crippen LogP contribution in [0, 0.1) is 0 Å². The van der Waals surface area contributed by atoms with Crippen LogP contribution in [0.2, 0.25) is 0 Å². The number of pyridine rings is 1. The molecule has 1 atom stereocenters. The van der Waals surface area contributed by atoms with E-state index >= 15 is 0 Å². The van der Waals surface area contributed by atoms with E-state index < -0.39 is 6.10 Å². The number of nitrogens with zero attached hydrogens (tertiary/aromatic N) is 1. The Balaban J connectivity index is 2.37. The molecule has 15 heavy (non-hydrogen) atoms. The van der Waals surface area contributed by atoms with Crippen molar-refractivity contribution in [1.82, 2.24) is 4.98 Å². The maximum Gasteiger partial charge on any atom is 0.105 e. The van der Waals surface area contributed by atoms with Crippen LogP contribution in [0.5, 0.6) is 0 Å². The van der Waals surface area contributed by atoms with Crippen molar-refractivity contribution in [3.05, 3.63) is 64.4 Å². The van der Waals surface area contributed by atoms with Crippen LogP contribution in [-0.4, -0.2) is 10.1 Å². The number of aliphatic hydroxyl groups is 1. The Kier molecular flexibility index (Phi) is 3.14. The highest BCUT2D eigenvalue weighted by molar-refractivity contribution is 9.10. The summed E-state index contributed by atoms with van der Waals surface area (Å²) in [5.74, 6) is 0.